The van der Waals surface area contributed by atoms with E-state index >= 15 is 0 Å². The summed E-state index contributed by atoms with van der Waals surface area (Å²) >= 11 is 0. The zero-order valence-electron chi connectivity index (χ0n) is 7.26. The summed E-state index contributed by atoms with van der Waals surface area (Å²) in [5.41, 5.74) is 1.64. The largest absolute Gasteiger partial charge is 0.344 e. The molecule has 0 spiro atoms. The van der Waals surface area contributed by atoms with E-state index < -0.39 is 0 Å². The molecule has 0 atom stereocenters. The van der Waals surface area contributed by atoms with Crippen LogP contribution in [0.2, 0.25) is 0 Å². The lowest BCUT2D eigenvalue weighted by Crippen LogP contribution is -2.29. The van der Waals surface area contributed by atoms with Gasteiger partial charge in [-0.3, -0.25) is 4.79 Å². The number of nitrogens with one attached hydrogen (secondary N) is 2. The SMILES string of the molecule is O=C1CNCc2[nH]c(C3CC3)nc21. The molecule has 68 valence electrons. The summed E-state index contributed by atoms with van der Waals surface area (Å²) in [5, 5.41) is 3.04. The van der Waals surface area contributed by atoms with E-state index in [0.717, 1.165) is 18.1 Å². The fraction of sp³-hybridized carbons (Fsp3) is 0.556. The number of fused-ring (bicyclic) bond motifs is 1. The number of aromatic amines is 1. The lowest BCUT2D eigenvalue weighted by atomic mass is 10.2. The number of ketones is 1. The number of carbonyl (C=O) groups excluding carboxylic acids is 1. The van der Waals surface area contributed by atoms with Crippen molar-refractivity contribution in [2.45, 2.75) is 25.3 Å². The molecule has 2 aliphatic rings. The van der Waals surface area contributed by atoms with Crippen LogP contribution in [0.15, 0.2) is 0 Å². The van der Waals surface area contributed by atoms with Crippen LogP contribution in [0.5, 0.6) is 0 Å². The minimum Gasteiger partial charge on any atom is -0.344 e. The lowest BCUT2D eigenvalue weighted by Gasteiger charge is -2.08. The van der Waals surface area contributed by atoms with E-state index in [1.165, 1.54) is 12.8 Å². The molecule has 2 N–H and O–H groups in total. The third-order valence-electron chi connectivity index (χ3n) is 2.61. The summed E-state index contributed by atoms with van der Waals surface area (Å²) in [5.74, 6) is 1.73. The van der Waals surface area contributed by atoms with Gasteiger partial charge in [0, 0.05) is 12.5 Å². The third-order valence-corrected chi connectivity index (χ3v) is 2.61. The van der Waals surface area contributed by atoms with Crippen LogP contribution in [0.3, 0.4) is 0 Å². The van der Waals surface area contributed by atoms with Gasteiger partial charge in [0.05, 0.1) is 12.2 Å². The molecule has 0 aromatic carbocycles. The molecule has 0 saturated heterocycles. The third kappa shape index (κ3) is 1.09. The quantitative estimate of drug-likeness (QED) is 0.659. The van der Waals surface area contributed by atoms with Crippen LogP contribution in [-0.4, -0.2) is 22.3 Å². The average molecular weight is 177 g/mol. The zero-order valence-corrected chi connectivity index (χ0v) is 7.26. The monoisotopic (exact) mass is 177 g/mol. The van der Waals surface area contributed by atoms with Crippen molar-refractivity contribution in [2.75, 3.05) is 6.54 Å². The fourth-order valence-electron chi connectivity index (χ4n) is 1.72. The highest BCUT2D eigenvalue weighted by atomic mass is 16.1. The smallest absolute Gasteiger partial charge is 0.196 e. The molecule has 1 fully saturated rings. The van der Waals surface area contributed by atoms with E-state index in [2.05, 4.69) is 15.3 Å². The summed E-state index contributed by atoms with van der Waals surface area (Å²) in [6.45, 7) is 1.18. The summed E-state index contributed by atoms with van der Waals surface area (Å²) < 4.78 is 0. The van der Waals surface area contributed by atoms with Gasteiger partial charge in [0.15, 0.2) is 5.78 Å². The molecule has 4 nitrogen and oxygen atoms in total. The van der Waals surface area contributed by atoms with Gasteiger partial charge < -0.3 is 10.3 Å². The van der Waals surface area contributed by atoms with E-state index in [9.17, 15) is 4.79 Å². The minimum absolute atomic E-state index is 0.115. The summed E-state index contributed by atoms with van der Waals surface area (Å²) in [6, 6.07) is 0. The molecule has 3 rings (SSSR count). The maximum Gasteiger partial charge on any atom is 0.196 e. The second-order valence-corrected chi connectivity index (χ2v) is 3.75. The van der Waals surface area contributed by atoms with Gasteiger partial charge in [0.2, 0.25) is 0 Å². The number of rotatable bonds is 1. The Morgan fingerprint density at radius 3 is 2.85 bits per heavy atom. The molecule has 1 aliphatic heterocycles. The molecule has 1 saturated carbocycles. The molecule has 1 aromatic rings. The molecule has 13 heavy (non-hydrogen) atoms. The molecule has 1 aliphatic carbocycles. The summed E-state index contributed by atoms with van der Waals surface area (Å²) in [4.78, 5) is 19.0. The highest BCUT2D eigenvalue weighted by molar-refractivity contribution is 5.97. The maximum atomic E-state index is 11.4. The van der Waals surface area contributed by atoms with E-state index in [1.807, 2.05) is 0 Å². The van der Waals surface area contributed by atoms with Crippen molar-refractivity contribution in [3.8, 4) is 0 Å². The standard InChI is InChI=1S/C9H11N3O/c13-7-4-10-3-6-8(7)12-9(11-6)5-1-2-5/h5,10H,1-4H2,(H,11,12). The summed E-state index contributed by atoms with van der Waals surface area (Å²) in [6.07, 6.45) is 2.43. The first-order valence-corrected chi connectivity index (χ1v) is 4.67. The molecule has 2 heterocycles. The predicted octanol–water partition coefficient (Wildman–Crippen LogP) is 0.573. The summed E-state index contributed by atoms with van der Waals surface area (Å²) in [7, 11) is 0. The zero-order chi connectivity index (χ0) is 8.84. The molecule has 1 aromatic heterocycles. The minimum atomic E-state index is 0.115. The molecule has 0 unspecified atom stereocenters. The Kier molecular flexibility index (Phi) is 1.35. The van der Waals surface area contributed by atoms with Gasteiger partial charge in [0.25, 0.3) is 0 Å². The number of aromatic nitrogens is 2. The van der Waals surface area contributed by atoms with Crippen molar-refractivity contribution in [3.05, 3.63) is 17.2 Å². The second kappa shape index (κ2) is 2.42. The normalized spacial score (nSPS) is 21.7. The van der Waals surface area contributed by atoms with Gasteiger partial charge in [-0.2, -0.15) is 0 Å². The Bertz CT molecular complexity index is 365. The lowest BCUT2D eigenvalue weighted by molar-refractivity contribution is 0.0977. The molecule has 4 heteroatoms. The molecule has 0 radical (unpaired) electrons. The van der Waals surface area contributed by atoms with E-state index in [-0.39, 0.29) is 5.78 Å². The number of carbonyl (C=O) groups is 1. The molecular weight excluding hydrogens is 166 g/mol. The van der Waals surface area contributed by atoms with Gasteiger partial charge >= 0.3 is 0 Å². The number of imidazole rings is 1. The maximum absolute atomic E-state index is 11.4. The number of hydrogen-bond acceptors (Lipinski definition) is 3. The van der Waals surface area contributed by atoms with Crippen molar-refractivity contribution >= 4 is 5.78 Å². The van der Waals surface area contributed by atoms with Crippen LogP contribution >= 0.6 is 0 Å². The van der Waals surface area contributed by atoms with Crippen LogP contribution < -0.4 is 5.32 Å². The van der Waals surface area contributed by atoms with Crippen LogP contribution in [0, 0.1) is 0 Å². The van der Waals surface area contributed by atoms with Crippen LogP contribution in [0.1, 0.15) is 40.8 Å². The number of Topliss-reactive ketones (excluding diaryl/α,β-unsaturated/α-hetero) is 1. The fourth-order valence-corrected chi connectivity index (χ4v) is 1.72. The van der Waals surface area contributed by atoms with Gasteiger partial charge in [0.1, 0.15) is 11.5 Å². The Hall–Kier alpha value is -1.16. The average Bonchev–Trinajstić information content (AvgIpc) is 2.87. The molecule has 0 bridgehead atoms. The number of hydrogen-bond donors (Lipinski definition) is 2. The molecular formula is C9H11N3O. The second-order valence-electron chi connectivity index (χ2n) is 3.75. The number of nitrogens with zero attached hydrogens (tertiary/aromatic N) is 1. The van der Waals surface area contributed by atoms with Crippen molar-refractivity contribution in [2.24, 2.45) is 0 Å². The highest BCUT2D eigenvalue weighted by Crippen LogP contribution is 2.38. The Balaban J connectivity index is 2.04. The first kappa shape index (κ1) is 7.26. The van der Waals surface area contributed by atoms with Gasteiger partial charge in [-0.05, 0) is 12.8 Å². The van der Waals surface area contributed by atoms with Crippen molar-refractivity contribution in [1.29, 1.82) is 0 Å². The van der Waals surface area contributed by atoms with Crippen LogP contribution in [0.4, 0.5) is 0 Å². The van der Waals surface area contributed by atoms with Gasteiger partial charge in [-0.25, -0.2) is 4.98 Å². The first-order chi connectivity index (χ1) is 6.34. The van der Waals surface area contributed by atoms with E-state index in [1.54, 1.807) is 0 Å². The predicted molar refractivity (Wildman–Crippen MR) is 46.6 cm³/mol. The van der Waals surface area contributed by atoms with Crippen LogP contribution in [0.25, 0.3) is 0 Å². The van der Waals surface area contributed by atoms with Gasteiger partial charge in [-0.1, -0.05) is 0 Å². The Morgan fingerprint density at radius 2 is 2.15 bits per heavy atom. The first-order valence-electron chi connectivity index (χ1n) is 4.67. The van der Waals surface area contributed by atoms with E-state index in [4.69, 9.17) is 0 Å². The Labute approximate surface area is 75.7 Å². The Morgan fingerprint density at radius 1 is 1.31 bits per heavy atom. The highest BCUT2D eigenvalue weighted by Gasteiger charge is 2.30. The van der Waals surface area contributed by atoms with Crippen molar-refractivity contribution in [3.63, 3.8) is 0 Å². The van der Waals surface area contributed by atoms with Crippen molar-refractivity contribution in [1.82, 2.24) is 15.3 Å². The van der Waals surface area contributed by atoms with Crippen LogP contribution in [-0.2, 0) is 6.54 Å². The van der Waals surface area contributed by atoms with Gasteiger partial charge in [-0.15, -0.1) is 0 Å². The topological polar surface area (TPSA) is 57.8 Å². The number of H-pyrrole nitrogens is 1. The van der Waals surface area contributed by atoms with Crippen molar-refractivity contribution < 1.29 is 4.79 Å². The molecule has 0 amide bonds. The van der Waals surface area contributed by atoms with E-state index in [0.29, 0.717) is 18.2 Å².